The fourth-order valence-corrected chi connectivity index (χ4v) is 1.09. The molecule has 0 aliphatic carbocycles. The van der Waals surface area contributed by atoms with E-state index in [0.717, 1.165) is 26.2 Å². The van der Waals surface area contributed by atoms with Gasteiger partial charge in [-0.2, -0.15) is 0 Å². The standard InChI is InChI=1S/C6H17N5/c7-5(8)1-2-6-10-3-9-4-11-6/h5-6,9-11H,1-4,7-8H2. The Balaban J connectivity index is 2.05. The summed E-state index contributed by atoms with van der Waals surface area (Å²) in [7, 11) is 0. The lowest BCUT2D eigenvalue weighted by Gasteiger charge is -2.26. The lowest BCUT2D eigenvalue weighted by Crippen LogP contribution is -2.56. The molecule has 66 valence electrons. The van der Waals surface area contributed by atoms with Gasteiger partial charge in [0.15, 0.2) is 0 Å². The van der Waals surface area contributed by atoms with Gasteiger partial charge in [0.1, 0.15) is 0 Å². The molecule has 1 rings (SSSR count). The Morgan fingerprint density at radius 3 is 2.45 bits per heavy atom. The molecule has 0 spiro atoms. The predicted molar refractivity (Wildman–Crippen MR) is 44.3 cm³/mol. The quantitative estimate of drug-likeness (QED) is 0.308. The van der Waals surface area contributed by atoms with Gasteiger partial charge < -0.3 is 11.5 Å². The number of nitrogens with two attached hydrogens (primary N) is 2. The monoisotopic (exact) mass is 159 g/mol. The van der Waals surface area contributed by atoms with Gasteiger partial charge in [-0.1, -0.05) is 0 Å². The summed E-state index contributed by atoms with van der Waals surface area (Å²) in [4.78, 5) is 0. The van der Waals surface area contributed by atoms with Crippen molar-refractivity contribution in [3.63, 3.8) is 0 Å². The molecule has 5 nitrogen and oxygen atoms in total. The zero-order chi connectivity index (χ0) is 8.10. The Labute approximate surface area is 66.9 Å². The molecule has 1 aliphatic heterocycles. The summed E-state index contributed by atoms with van der Waals surface area (Å²) in [6, 6.07) is 0. The zero-order valence-corrected chi connectivity index (χ0v) is 6.64. The second kappa shape index (κ2) is 4.63. The van der Waals surface area contributed by atoms with Crippen LogP contribution < -0.4 is 27.4 Å². The number of nitrogens with one attached hydrogen (secondary N) is 3. The van der Waals surface area contributed by atoms with E-state index in [-0.39, 0.29) is 6.17 Å². The van der Waals surface area contributed by atoms with Crippen molar-refractivity contribution in [1.29, 1.82) is 0 Å². The molecule has 11 heavy (non-hydrogen) atoms. The Bertz CT molecular complexity index is 99.1. The van der Waals surface area contributed by atoms with E-state index in [0.29, 0.717) is 6.17 Å². The van der Waals surface area contributed by atoms with Crippen LogP contribution in [0.5, 0.6) is 0 Å². The molecule has 0 bridgehead atoms. The van der Waals surface area contributed by atoms with Crippen molar-refractivity contribution < 1.29 is 0 Å². The summed E-state index contributed by atoms with van der Waals surface area (Å²) in [5.74, 6) is 0. The summed E-state index contributed by atoms with van der Waals surface area (Å²) in [5, 5.41) is 9.60. The first-order valence-electron chi connectivity index (χ1n) is 3.97. The van der Waals surface area contributed by atoms with Gasteiger partial charge in [0.2, 0.25) is 0 Å². The van der Waals surface area contributed by atoms with Gasteiger partial charge in [0.25, 0.3) is 0 Å². The zero-order valence-electron chi connectivity index (χ0n) is 6.64. The van der Waals surface area contributed by atoms with Crippen molar-refractivity contribution >= 4 is 0 Å². The molecule has 5 heteroatoms. The van der Waals surface area contributed by atoms with E-state index in [2.05, 4.69) is 16.0 Å². The van der Waals surface area contributed by atoms with Crippen LogP contribution in [0, 0.1) is 0 Å². The first-order valence-corrected chi connectivity index (χ1v) is 3.97. The third kappa shape index (κ3) is 3.64. The molecule has 0 amide bonds. The maximum absolute atomic E-state index is 5.42. The fourth-order valence-electron chi connectivity index (χ4n) is 1.09. The number of rotatable bonds is 3. The lowest BCUT2D eigenvalue weighted by atomic mass is 10.2. The molecule has 0 aromatic rings. The molecule has 0 atom stereocenters. The largest absolute Gasteiger partial charge is 0.316 e. The third-order valence-electron chi connectivity index (χ3n) is 1.74. The van der Waals surface area contributed by atoms with Crippen LogP contribution in [-0.4, -0.2) is 25.7 Å². The van der Waals surface area contributed by atoms with Gasteiger partial charge in [0, 0.05) is 13.3 Å². The minimum atomic E-state index is -0.187. The summed E-state index contributed by atoms with van der Waals surface area (Å²) in [5.41, 5.74) is 10.8. The predicted octanol–water partition coefficient (Wildman–Crippen LogP) is -1.97. The molecule has 0 aromatic carbocycles. The number of hydrogen-bond acceptors (Lipinski definition) is 5. The van der Waals surface area contributed by atoms with E-state index < -0.39 is 0 Å². The Hall–Kier alpha value is -0.200. The van der Waals surface area contributed by atoms with Crippen LogP contribution in [0.4, 0.5) is 0 Å². The maximum Gasteiger partial charge on any atom is 0.0592 e. The fraction of sp³-hybridized carbons (Fsp3) is 1.00. The summed E-state index contributed by atoms with van der Waals surface area (Å²) >= 11 is 0. The van der Waals surface area contributed by atoms with E-state index in [1.165, 1.54) is 0 Å². The van der Waals surface area contributed by atoms with Crippen LogP contribution in [0.15, 0.2) is 0 Å². The summed E-state index contributed by atoms with van der Waals surface area (Å²) in [6.07, 6.45) is 2.02. The molecule has 0 aromatic heterocycles. The normalized spacial score (nSPS) is 21.0. The van der Waals surface area contributed by atoms with Crippen molar-refractivity contribution in [3.8, 4) is 0 Å². The molecule has 0 saturated carbocycles. The average molecular weight is 159 g/mol. The first kappa shape index (κ1) is 8.89. The van der Waals surface area contributed by atoms with E-state index in [9.17, 15) is 0 Å². The number of hydrogen-bond donors (Lipinski definition) is 5. The van der Waals surface area contributed by atoms with Crippen molar-refractivity contribution in [1.82, 2.24) is 16.0 Å². The molecule has 1 heterocycles. The van der Waals surface area contributed by atoms with Gasteiger partial charge >= 0.3 is 0 Å². The van der Waals surface area contributed by atoms with Crippen LogP contribution in [0.25, 0.3) is 0 Å². The maximum atomic E-state index is 5.42. The van der Waals surface area contributed by atoms with Crippen LogP contribution in [0.1, 0.15) is 12.8 Å². The van der Waals surface area contributed by atoms with Crippen molar-refractivity contribution in [2.45, 2.75) is 25.2 Å². The van der Waals surface area contributed by atoms with Gasteiger partial charge in [-0.05, 0) is 12.8 Å². The van der Waals surface area contributed by atoms with Crippen LogP contribution in [0.2, 0.25) is 0 Å². The summed E-state index contributed by atoms with van der Waals surface area (Å²) < 4.78 is 0. The first-order chi connectivity index (χ1) is 5.29. The van der Waals surface area contributed by atoms with Crippen LogP contribution in [0.3, 0.4) is 0 Å². The van der Waals surface area contributed by atoms with Gasteiger partial charge in [-0.25, -0.2) is 0 Å². The third-order valence-corrected chi connectivity index (χ3v) is 1.74. The van der Waals surface area contributed by atoms with Crippen molar-refractivity contribution in [2.24, 2.45) is 11.5 Å². The van der Waals surface area contributed by atoms with E-state index in [4.69, 9.17) is 11.5 Å². The lowest BCUT2D eigenvalue weighted by molar-refractivity contribution is 0.310. The highest BCUT2D eigenvalue weighted by Gasteiger charge is 2.10. The van der Waals surface area contributed by atoms with Gasteiger partial charge in [0.05, 0.1) is 12.3 Å². The van der Waals surface area contributed by atoms with E-state index in [1.807, 2.05) is 0 Å². The molecule has 7 N–H and O–H groups in total. The van der Waals surface area contributed by atoms with E-state index in [1.54, 1.807) is 0 Å². The molecule has 0 radical (unpaired) electrons. The molecule has 0 unspecified atom stereocenters. The Morgan fingerprint density at radius 1 is 1.27 bits per heavy atom. The van der Waals surface area contributed by atoms with E-state index >= 15 is 0 Å². The van der Waals surface area contributed by atoms with Crippen molar-refractivity contribution in [2.75, 3.05) is 13.3 Å². The average Bonchev–Trinajstić information content (AvgIpc) is 2.03. The highest BCUT2D eigenvalue weighted by atomic mass is 15.3. The van der Waals surface area contributed by atoms with Crippen LogP contribution in [-0.2, 0) is 0 Å². The van der Waals surface area contributed by atoms with Crippen LogP contribution >= 0.6 is 0 Å². The second-order valence-corrected chi connectivity index (χ2v) is 2.81. The Morgan fingerprint density at radius 2 is 1.91 bits per heavy atom. The molecular weight excluding hydrogens is 142 g/mol. The molecule has 1 fully saturated rings. The molecule has 1 saturated heterocycles. The van der Waals surface area contributed by atoms with Gasteiger partial charge in [-0.3, -0.25) is 16.0 Å². The highest BCUT2D eigenvalue weighted by molar-refractivity contribution is 4.69. The minimum Gasteiger partial charge on any atom is -0.316 e. The molecular formula is C6H17N5. The smallest absolute Gasteiger partial charge is 0.0592 e. The van der Waals surface area contributed by atoms with Crippen molar-refractivity contribution in [3.05, 3.63) is 0 Å². The topological polar surface area (TPSA) is 88.1 Å². The SMILES string of the molecule is NC(N)CCC1NCNCN1. The minimum absolute atomic E-state index is 0.187. The highest BCUT2D eigenvalue weighted by Crippen LogP contribution is 1.95. The molecule has 1 aliphatic rings. The Kier molecular flexibility index (Phi) is 3.74. The summed E-state index contributed by atoms with van der Waals surface area (Å²) in [6.45, 7) is 1.72. The van der Waals surface area contributed by atoms with Gasteiger partial charge in [-0.15, -0.1) is 0 Å². The second-order valence-electron chi connectivity index (χ2n) is 2.81.